The van der Waals surface area contributed by atoms with E-state index < -0.39 is 5.97 Å². The molecule has 0 aromatic carbocycles. The molecule has 0 saturated carbocycles. The first-order valence-corrected chi connectivity index (χ1v) is 7.26. The van der Waals surface area contributed by atoms with Gasteiger partial charge in [-0.3, -0.25) is 9.69 Å². The van der Waals surface area contributed by atoms with Gasteiger partial charge in [0.1, 0.15) is 0 Å². The van der Waals surface area contributed by atoms with E-state index in [1.165, 1.54) is 0 Å². The first-order chi connectivity index (χ1) is 9.56. The smallest absolute Gasteiger partial charge is 0.304 e. The molecule has 6 nitrogen and oxygen atoms in total. The molecule has 0 radical (unpaired) electrons. The molecular weight excluding hydrogens is 278 g/mol. The highest BCUT2D eigenvalue weighted by Gasteiger charge is 2.16. The number of aliphatic carboxylic acids is 1. The van der Waals surface area contributed by atoms with Gasteiger partial charge >= 0.3 is 5.97 Å². The van der Waals surface area contributed by atoms with Crippen LogP contribution in [-0.2, 0) is 11.3 Å². The number of hydrogen-bond acceptors (Lipinski definition) is 6. The number of carbonyl (C=O) groups is 1. The van der Waals surface area contributed by atoms with Crippen LogP contribution in [0.15, 0.2) is 22.0 Å². The van der Waals surface area contributed by atoms with Crippen LogP contribution in [0.4, 0.5) is 0 Å². The van der Waals surface area contributed by atoms with Crippen molar-refractivity contribution in [1.82, 2.24) is 15.0 Å². The first kappa shape index (κ1) is 14.7. The molecule has 0 saturated heterocycles. The van der Waals surface area contributed by atoms with Gasteiger partial charge in [-0.1, -0.05) is 11.2 Å². The number of aromatic nitrogens is 2. The Balaban J connectivity index is 2.01. The number of carboxylic acids is 1. The Morgan fingerprint density at radius 3 is 2.95 bits per heavy atom. The van der Waals surface area contributed by atoms with Crippen molar-refractivity contribution in [3.8, 4) is 10.7 Å². The molecule has 0 amide bonds. The molecule has 2 rings (SSSR count). The molecule has 0 fully saturated rings. The van der Waals surface area contributed by atoms with Crippen molar-refractivity contribution in [1.29, 1.82) is 0 Å². The molecule has 0 unspecified atom stereocenters. The highest BCUT2D eigenvalue weighted by atomic mass is 32.1. The van der Waals surface area contributed by atoms with Crippen LogP contribution in [-0.4, -0.2) is 38.7 Å². The molecule has 0 bridgehead atoms. The Bertz CT molecular complexity index is 551. The maximum atomic E-state index is 10.7. The van der Waals surface area contributed by atoms with Crippen molar-refractivity contribution in [2.45, 2.75) is 32.9 Å². The molecule has 2 aromatic rings. The van der Waals surface area contributed by atoms with Gasteiger partial charge in [0.25, 0.3) is 0 Å². The van der Waals surface area contributed by atoms with Gasteiger partial charge in [0.2, 0.25) is 11.7 Å². The van der Waals surface area contributed by atoms with Crippen molar-refractivity contribution < 1.29 is 14.4 Å². The number of thiophene rings is 1. The van der Waals surface area contributed by atoms with Crippen molar-refractivity contribution in [3.05, 3.63) is 23.4 Å². The van der Waals surface area contributed by atoms with Crippen LogP contribution in [0.1, 0.15) is 26.2 Å². The average Bonchev–Trinajstić information content (AvgIpc) is 3.04. The monoisotopic (exact) mass is 295 g/mol. The van der Waals surface area contributed by atoms with Crippen molar-refractivity contribution in [2.24, 2.45) is 0 Å². The lowest BCUT2D eigenvalue weighted by molar-refractivity contribution is -0.137. The lowest BCUT2D eigenvalue weighted by Crippen LogP contribution is -2.32. The minimum absolute atomic E-state index is 0.101. The lowest BCUT2D eigenvalue weighted by Gasteiger charge is -2.23. The second kappa shape index (κ2) is 6.62. The second-order valence-electron chi connectivity index (χ2n) is 4.70. The minimum Gasteiger partial charge on any atom is -0.481 e. The fourth-order valence-corrected chi connectivity index (χ4v) is 2.41. The fraction of sp³-hybridized carbons (Fsp3) is 0.462. The predicted octanol–water partition coefficient (Wildman–Crippen LogP) is 2.48. The van der Waals surface area contributed by atoms with E-state index in [1.54, 1.807) is 11.3 Å². The van der Waals surface area contributed by atoms with Crippen molar-refractivity contribution in [3.63, 3.8) is 0 Å². The molecule has 0 atom stereocenters. The van der Waals surface area contributed by atoms with E-state index in [9.17, 15) is 4.79 Å². The molecule has 0 aliphatic heterocycles. The van der Waals surface area contributed by atoms with E-state index in [1.807, 2.05) is 36.3 Å². The van der Waals surface area contributed by atoms with Gasteiger partial charge in [-0.25, -0.2) is 0 Å². The normalized spacial score (nSPS) is 11.4. The van der Waals surface area contributed by atoms with E-state index in [2.05, 4.69) is 10.1 Å². The molecule has 0 aliphatic rings. The van der Waals surface area contributed by atoms with E-state index in [4.69, 9.17) is 9.63 Å². The second-order valence-corrected chi connectivity index (χ2v) is 5.64. The summed E-state index contributed by atoms with van der Waals surface area (Å²) in [7, 11) is 0. The summed E-state index contributed by atoms with van der Waals surface area (Å²) < 4.78 is 5.23. The summed E-state index contributed by atoms with van der Waals surface area (Å²) in [4.78, 5) is 18.0. The van der Waals surface area contributed by atoms with Crippen LogP contribution < -0.4 is 0 Å². The van der Waals surface area contributed by atoms with Gasteiger partial charge in [-0.2, -0.15) is 4.98 Å². The van der Waals surface area contributed by atoms with E-state index in [0.717, 1.165) is 4.88 Å². The summed E-state index contributed by atoms with van der Waals surface area (Å²) in [5.74, 6) is 0.282. The molecule has 108 valence electrons. The quantitative estimate of drug-likeness (QED) is 0.845. The van der Waals surface area contributed by atoms with Crippen LogP contribution in [0.2, 0.25) is 0 Å². The van der Waals surface area contributed by atoms with Crippen LogP contribution in [0.25, 0.3) is 10.7 Å². The molecule has 0 aliphatic carbocycles. The van der Waals surface area contributed by atoms with Crippen LogP contribution in [0.5, 0.6) is 0 Å². The Morgan fingerprint density at radius 2 is 2.35 bits per heavy atom. The molecule has 1 N–H and O–H groups in total. The third-order valence-electron chi connectivity index (χ3n) is 2.89. The molecule has 20 heavy (non-hydrogen) atoms. The van der Waals surface area contributed by atoms with Gasteiger partial charge in [-0.05, 0) is 25.3 Å². The Kier molecular flexibility index (Phi) is 4.86. The van der Waals surface area contributed by atoms with E-state index in [-0.39, 0.29) is 12.5 Å². The summed E-state index contributed by atoms with van der Waals surface area (Å²) in [6.45, 7) is 4.95. The van der Waals surface area contributed by atoms with Gasteiger partial charge in [-0.15, -0.1) is 11.3 Å². The Morgan fingerprint density at radius 1 is 1.55 bits per heavy atom. The van der Waals surface area contributed by atoms with Gasteiger partial charge in [0, 0.05) is 12.6 Å². The predicted molar refractivity (Wildman–Crippen MR) is 75.4 cm³/mol. The topological polar surface area (TPSA) is 79.5 Å². The number of nitrogens with zero attached hydrogens (tertiary/aromatic N) is 3. The van der Waals surface area contributed by atoms with Crippen LogP contribution >= 0.6 is 11.3 Å². The number of hydrogen-bond donors (Lipinski definition) is 1. The van der Waals surface area contributed by atoms with E-state index in [0.29, 0.717) is 24.8 Å². The van der Waals surface area contributed by atoms with Crippen molar-refractivity contribution in [2.75, 3.05) is 6.54 Å². The van der Waals surface area contributed by atoms with Gasteiger partial charge in [0.15, 0.2) is 0 Å². The fourth-order valence-electron chi connectivity index (χ4n) is 1.76. The first-order valence-electron chi connectivity index (χ1n) is 6.38. The zero-order chi connectivity index (χ0) is 14.5. The third-order valence-corrected chi connectivity index (χ3v) is 3.76. The number of rotatable bonds is 7. The van der Waals surface area contributed by atoms with Crippen LogP contribution in [0.3, 0.4) is 0 Å². The van der Waals surface area contributed by atoms with Crippen LogP contribution in [0, 0.1) is 0 Å². The molecule has 7 heteroatoms. The highest BCUT2D eigenvalue weighted by Crippen LogP contribution is 2.21. The van der Waals surface area contributed by atoms with Gasteiger partial charge < -0.3 is 9.63 Å². The maximum Gasteiger partial charge on any atom is 0.304 e. The summed E-state index contributed by atoms with van der Waals surface area (Å²) in [6, 6.07) is 4.08. The van der Waals surface area contributed by atoms with E-state index >= 15 is 0 Å². The molecule has 0 spiro atoms. The Hall–Kier alpha value is -1.73. The maximum absolute atomic E-state index is 10.7. The standard InChI is InChI=1S/C13H17N3O3S/c1-9(2)16(6-5-12(17)18)8-11-14-13(15-19-11)10-4-3-7-20-10/h3-4,7,9H,5-6,8H2,1-2H3,(H,17,18). The zero-order valence-electron chi connectivity index (χ0n) is 11.4. The lowest BCUT2D eigenvalue weighted by atomic mass is 10.3. The largest absolute Gasteiger partial charge is 0.481 e. The summed E-state index contributed by atoms with van der Waals surface area (Å²) in [6.07, 6.45) is 0.101. The Labute approximate surface area is 121 Å². The van der Waals surface area contributed by atoms with Crippen molar-refractivity contribution >= 4 is 17.3 Å². The number of carboxylic acid groups (broad SMARTS) is 1. The van der Waals surface area contributed by atoms with Gasteiger partial charge in [0.05, 0.1) is 17.8 Å². The molecule has 2 heterocycles. The molecular formula is C13H17N3O3S. The summed E-state index contributed by atoms with van der Waals surface area (Å²) in [5.41, 5.74) is 0. The summed E-state index contributed by atoms with van der Waals surface area (Å²) >= 11 is 1.55. The summed E-state index contributed by atoms with van der Waals surface area (Å²) in [5, 5.41) is 14.7. The highest BCUT2D eigenvalue weighted by molar-refractivity contribution is 7.13. The third kappa shape index (κ3) is 3.88. The average molecular weight is 295 g/mol. The minimum atomic E-state index is -0.805. The molecule has 2 aromatic heterocycles. The SMILES string of the molecule is CC(C)N(CCC(=O)O)Cc1nc(-c2cccs2)no1. The zero-order valence-corrected chi connectivity index (χ0v) is 12.3.